The number of rotatable bonds is 5. The number of benzene rings is 1. The van der Waals surface area contributed by atoms with Crippen molar-refractivity contribution in [1.82, 2.24) is 25.5 Å². The van der Waals surface area contributed by atoms with Gasteiger partial charge in [0.15, 0.2) is 0 Å². The summed E-state index contributed by atoms with van der Waals surface area (Å²) in [5.41, 5.74) is 8.82. The number of hydrazine groups is 1. The number of carbonyl (C=O) groups is 1. The summed E-state index contributed by atoms with van der Waals surface area (Å²) in [6.07, 6.45) is 5.86. The van der Waals surface area contributed by atoms with Crippen molar-refractivity contribution < 1.29 is 4.79 Å². The Bertz CT molecular complexity index is 775. The molecule has 2 saturated heterocycles. The van der Waals surface area contributed by atoms with Gasteiger partial charge in [-0.15, -0.1) is 0 Å². The standard InChI is InChI=1S/C21H29N5O/c1-3-15(2)20-18-14-25(11-8-19(18)23-24-20)21(27)17-7-4-6-16(12-17)13-26-10-5-9-22-26/h4-7,9-10,12,15,18-20,23-24H,3,8,11,13-14H2,1-2H3. The number of nitrogens with zero attached hydrogens (tertiary/aromatic N) is 3. The number of aromatic nitrogens is 2. The molecular formula is C21H29N5O. The van der Waals surface area contributed by atoms with Gasteiger partial charge in [-0.2, -0.15) is 5.10 Å². The van der Waals surface area contributed by atoms with Crippen molar-refractivity contribution >= 4 is 5.91 Å². The Morgan fingerprint density at radius 1 is 1.33 bits per heavy atom. The molecule has 1 aromatic heterocycles. The fourth-order valence-electron chi connectivity index (χ4n) is 4.40. The van der Waals surface area contributed by atoms with Crippen LogP contribution in [0.4, 0.5) is 0 Å². The van der Waals surface area contributed by atoms with E-state index in [-0.39, 0.29) is 5.91 Å². The molecule has 2 aliphatic heterocycles. The van der Waals surface area contributed by atoms with Crippen LogP contribution in [-0.4, -0.2) is 45.8 Å². The lowest BCUT2D eigenvalue weighted by Crippen LogP contribution is -2.49. The van der Waals surface area contributed by atoms with E-state index in [0.29, 0.717) is 30.5 Å². The highest BCUT2D eigenvalue weighted by Crippen LogP contribution is 2.30. The molecule has 0 spiro atoms. The number of nitrogens with one attached hydrogen (secondary N) is 2. The lowest BCUT2D eigenvalue weighted by molar-refractivity contribution is 0.0640. The summed E-state index contributed by atoms with van der Waals surface area (Å²) in [6, 6.07) is 10.8. The minimum Gasteiger partial charge on any atom is -0.338 e. The van der Waals surface area contributed by atoms with E-state index in [1.807, 2.05) is 40.0 Å². The summed E-state index contributed by atoms with van der Waals surface area (Å²) in [4.78, 5) is 15.2. The Morgan fingerprint density at radius 2 is 2.22 bits per heavy atom. The molecule has 144 valence electrons. The topological polar surface area (TPSA) is 62.2 Å². The largest absolute Gasteiger partial charge is 0.338 e. The van der Waals surface area contributed by atoms with Crippen molar-refractivity contribution in [1.29, 1.82) is 0 Å². The maximum Gasteiger partial charge on any atom is 0.253 e. The predicted octanol–water partition coefficient (Wildman–Crippen LogP) is 2.28. The first-order valence-electron chi connectivity index (χ1n) is 10.0. The van der Waals surface area contributed by atoms with Crippen LogP contribution in [0.1, 0.15) is 42.6 Å². The molecule has 6 nitrogen and oxygen atoms in total. The molecule has 0 radical (unpaired) electrons. The zero-order chi connectivity index (χ0) is 18.8. The summed E-state index contributed by atoms with van der Waals surface area (Å²) in [5.74, 6) is 1.22. The van der Waals surface area contributed by atoms with E-state index in [1.165, 1.54) is 0 Å². The molecule has 1 amide bonds. The van der Waals surface area contributed by atoms with E-state index in [9.17, 15) is 4.79 Å². The third kappa shape index (κ3) is 3.77. The van der Waals surface area contributed by atoms with E-state index in [2.05, 4.69) is 35.9 Å². The first-order chi connectivity index (χ1) is 13.2. The maximum atomic E-state index is 13.2. The average Bonchev–Trinajstić information content (AvgIpc) is 3.36. The summed E-state index contributed by atoms with van der Waals surface area (Å²) in [7, 11) is 0. The summed E-state index contributed by atoms with van der Waals surface area (Å²) in [6.45, 7) is 6.84. The maximum absolute atomic E-state index is 13.2. The fourth-order valence-corrected chi connectivity index (χ4v) is 4.40. The van der Waals surface area contributed by atoms with Crippen LogP contribution in [-0.2, 0) is 6.54 Å². The van der Waals surface area contributed by atoms with Crippen molar-refractivity contribution in [3.63, 3.8) is 0 Å². The molecular weight excluding hydrogens is 338 g/mol. The van der Waals surface area contributed by atoms with Gasteiger partial charge in [0.05, 0.1) is 6.54 Å². The summed E-state index contributed by atoms with van der Waals surface area (Å²) >= 11 is 0. The van der Waals surface area contributed by atoms with Gasteiger partial charge < -0.3 is 4.90 Å². The van der Waals surface area contributed by atoms with Crippen LogP contribution < -0.4 is 10.9 Å². The van der Waals surface area contributed by atoms with E-state index in [0.717, 1.165) is 37.1 Å². The molecule has 2 fully saturated rings. The lowest BCUT2D eigenvalue weighted by Gasteiger charge is -2.37. The molecule has 0 bridgehead atoms. The van der Waals surface area contributed by atoms with Crippen LogP contribution in [0.2, 0.25) is 0 Å². The second-order valence-electron chi connectivity index (χ2n) is 7.91. The number of carbonyl (C=O) groups excluding carboxylic acids is 1. The average molecular weight is 367 g/mol. The molecule has 2 N–H and O–H groups in total. The molecule has 4 rings (SSSR count). The molecule has 2 aliphatic rings. The van der Waals surface area contributed by atoms with Gasteiger partial charge >= 0.3 is 0 Å². The van der Waals surface area contributed by atoms with Gasteiger partial charge in [-0.25, -0.2) is 0 Å². The van der Waals surface area contributed by atoms with Gasteiger partial charge in [0, 0.05) is 49.0 Å². The lowest BCUT2D eigenvalue weighted by atomic mass is 9.82. The number of hydrogen-bond acceptors (Lipinski definition) is 4. The molecule has 0 aliphatic carbocycles. The van der Waals surface area contributed by atoms with Gasteiger partial charge in [0.25, 0.3) is 5.91 Å². The minimum atomic E-state index is 0.144. The highest BCUT2D eigenvalue weighted by molar-refractivity contribution is 5.94. The second kappa shape index (κ2) is 7.82. The fraction of sp³-hybridized carbons (Fsp3) is 0.524. The zero-order valence-electron chi connectivity index (χ0n) is 16.1. The van der Waals surface area contributed by atoms with Crippen molar-refractivity contribution in [2.75, 3.05) is 13.1 Å². The van der Waals surface area contributed by atoms with Crippen molar-refractivity contribution in [2.45, 2.75) is 45.3 Å². The molecule has 4 atom stereocenters. The van der Waals surface area contributed by atoms with Gasteiger partial charge in [0.1, 0.15) is 0 Å². The third-order valence-corrected chi connectivity index (χ3v) is 6.18. The smallest absolute Gasteiger partial charge is 0.253 e. The Balaban J connectivity index is 1.46. The molecule has 2 aromatic rings. The van der Waals surface area contributed by atoms with Crippen LogP contribution in [0.15, 0.2) is 42.7 Å². The highest BCUT2D eigenvalue weighted by Gasteiger charge is 2.42. The van der Waals surface area contributed by atoms with Crippen molar-refractivity contribution in [3.05, 3.63) is 53.9 Å². The molecule has 1 aromatic carbocycles. The Hall–Kier alpha value is -2.18. The van der Waals surface area contributed by atoms with Gasteiger partial charge in [-0.05, 0) is 36.1 Å². The monoisotopic (exact) mass is 367 g/mol. The number of fused-ring (bicyclic) bond motifs is 1. The van der Waals surface area contributed by atoms with Crippen LogP contribution in [0.25, 0.3) is 0 Å². The second-order valence-corrected chi connectivity index (χ2v) is 7.91. The van der Waals surface area contributed by atoms with Crippen LogP contribution in [0, 0.1) is 11.8 Å². The minimum absolute atomic E-state index is 0.144. The molecule has 27 heavy (non-hydrogen) atoms. The number of hydrogen-bond donors (Lipinski definition) is 2. The van der Waals surface area contributed by atoms with Crippen molar-refractivity contribution in [3.8, 4) is 0 Å². The third-order valence-electron chi connectivity index (χ3n) is 6.18. The van der Waals surface area contributed by atoms with Crippen LogP contribution >= 0.6 is 0 Å². The van der Waals surface area contributed by atoms with E-state index in [4.69, 9.17) is 0 Å². The molecule has 4 unspecified atom stereocenters. The first kappa shape index (κ1) is 18.2. The number of amides is 1. The first-order valence-corrected chi connectivity index (χ1v) is 10.0. The summed E-state index contributed by atoms with van der Waals surface area (Å²) < 4.78 is 1.88. The van der Waals surface area contributed by atoms with Crippen LogP contribution in [0.5, 0.6) is 0 Å². The van der Waals surface area contributed by atoms with Crippen molar-refractivity contribution in [2.24, 2.45) is 11.8 Å². The SMILES string of the molecule is CCC(C)C1NNC2CCN(C(=O)c3cccc(Cn4cccn4)c3)CC21. The van der Waals surface area contributed by atoms with Gasteiger partial charge in [0.2, 0.25) is 0 Å². The molecule has 3 heterocycles. The van der Waals surface area contributed by atoms with E-state index in [1.54, 1.807) is 6.20 Å². The summed E-state index contributed by atoms with van der Waals surface area (Å²) in [5, 5.41) is 4.25. The Labute approximate surface area is 160 Å². The predicted molar refractivity (Wildman–Crippen MR) is 105 cm³/mol. The Kier molecular flexibility index (Phi) is 5.27. The van der Waals surface area contributed by atoms with E-state index < -0.39 is 0 Å². The number of piperidine rings is 1. The zero-order valence-corrected chi connectivity index (χ0v) is 16.1. The van der Waals surface area contributed by atoms with Gasteiger partial charge in [-0.1, -0.05) is 32.4 Å². The highest BCUT2D eigenvalue weighted by atomic mass is 16.2. The Morgan fingerprint density at radius 3 is 3.00 bits per heavy atom. The normalized spacial score (nSPS) is 26.0. The van der Waals surface area contributed by atoms with Gasteiger partial charge in [-0.3, -0.25) is 20.3 Å². The molecule has 0 saturated carbocycles. The number of likely N-dealkylation sites (tertiary alicyclic amines) is 1. The van der Waals surface area contributed by atoms with Crippen LogP contribution in [0.3, 0.4) is 0 Å². The quantitative estimate of drug-likeness (QED) is 0.851. The van der Waals surface area contributed by atoms with E-state index >= 15 is 0 Å². The molecule has 6 heteroatoms.